The van der Waals surface area contributed by atoms with Crippen molar-refractivity contribution in [1.82, 2.24) is 4.57 Å². The molecule has 4 aromatic carbocycles. The average molecular weight is 694 g/mol. The van der Waals surface area contributed by atoms with Crippen molar-refractivity contribution in [2.24, 2.45) is 0 Å². The summed E-state index contributed by atoms with van der Waals surface area (Å²) in [6.07, 6.45) is 6.07. The average Bonchev–Trinajstić information content (AvgIpc) is 3.83. The molecule has 0 spiro atoms. The summed E-state index contributed by atoms with van der Waals surface area (Å²) in [6, 6.07) is 43.6. The van der Waals surface area contributed by atoms with Gasteiger partial charge in [-0.05, 0) is 90.9 Å². The first-order valence-corrected chi connectivity index (χ1v) is 18.3. The maximum atomic E-state index is 11.6. The van der Waals surface area contributed by atoms with Crippen molar-refractivity contribution in [2.45, 2.75) is 32.6 Å². The molecule has 0 aliphatic heterocycles. The lowest BCUT2D eigenvalue weighted by Gasteiger charge is -2.25. The molecular formula is C42H35N3O3S2. The minimum atomic E-state index is -1.23. The van der Waals surface area contributed by atoms with E-state index in [4.69, 9.17) is 4.74 Å². The highest BCUT2D eigenvalue weighted by molar-refractivity contribution is 7.29. The molecule has 0 aliphatic carbocycles. The van der Waals surface area contributed by atoms with Gasteiger partial charge in [-0.25, -0.2) is 4.79 Å². The number of aromatic nitrogens is 1. The molecule has 0 atom stereocenters. The van der Waals surface area contributed by atoms with Gasteiger partial charge in [0.2, 0.25) is 0 Å². The van der Waals surface area contributed by atoms with Crippen LogP contribution in [0.25, 0.3) is 42.6 Å². The van der Waals surface area contributed by atoms with E-state index in [-0.39, 0.29) is 5.57 Å². The quantitative estimate of drug-likeness (QED) is 0.0739. The fourth-order valence-corrected chi connectivity index (χ4v) is 8.51. The molecule has 6 nitrogen and oxygen atoms in total. The predicted molar refractivity (Wildman–Crippen MR) is 208 cm³/mol. The number of thiophene rings is 2. The second-order valence-electron chi connectivity index (χ2n) is 12.0. The molecule has 3 heterocycles. The lowest BCUT2D eigenvalue weighted by Crippen LogP contribution is -2.09. The van der Waals surface area contributed by atoms with Crippen molar-refractivity contribution in [3.05, 3.63) is 132 Å². The number of unbranched alkanes of at least 4 members (excludes halogenated alkanes) is 3. The van der Waals surface area contributed by atoms with E-state index in [2.05, 4.69) is 107 Å². The van der Waals surface area contributed by atoms with E-state index in [1.807, 2.05) is 36.4 Å². The summed E-state index contributed by atoms with van der Waals surface area (Å²) >= 11 is 3.22. The number of nitrogens with zero attached hydrogens (tertiary/aromatic N) is 3. The summed E-state index contributed by atoms with van der Waals surface area (Å²) in [6.45, 7) is 2.90. The van der Waals surface area contributed by atoms with Gasteiger partial charge >= 0.3 is 5.97 Å². The first-order valence-electron chi connectivity index (χ1n) is 16.7. The fourth-order valence-electron chi connectivity index (χ4n) is 6.13. The highest BCUT2D eigenvalue weighted by Gasteiger charge is 2.20. The van der Waals surface area contributed by atoms with Crippen molar-refractivity contribution in [3.63, 3.8) is 0 Å². The predicted octanol–water partition coefficient (Wildman–Crippen LogP) is 12.0. The van der Waals surface area contributed by atoms with Crippen LogP contribution in [0.4, 0.5) is 17.1 Å². The highest BCUT2D eigenvalue weighted by atomic mass is 32.1. The molecule has 1 N–H and O–H groups in total. The van der Waals surface area contributed by atoms with Crippen LogP contribution < -0.4 is 9.64 Å². The molecule has 0 aliphatic rings. The number of carboxylic acid groups (broad SMARTS) is 1. The van der Waals surface area contributed by atoms with E-state index in [1.54, 1.807) is 11.3 Å². The van der Waals surface area contributed by atoms with Gasteiger partial charge < -0.3 is 19.3 Å². The SMILES string of the molecule is CCCCCCOc1ccc(-n2c3cc(/C=C(/C#N)C(=O)O)sc3c3sc(-c4ccc(N(c5ccccc5)c5ccccc5)cc4)cc32)cc1. The first-order chi connectivity index (χ1) is 24.5. The van der Waals surface area contributed by atoms with Crippen LogP contribution in [0.3, 0.4) is 0 Å². The Hall–Kier alpha value is -5.62. The molecule has 0 fully saturated rings. The van der Waals surface area contributed by atoms with Crippen molar-refractivity contribution in [1.29, 1.82) is 5.26 Å². The van der Waals surface area contributed by atoms with E-state index in [0.717, 1.165) is 70.7 Å². The number of hydrogen-bond acceptors (Lipinski definition) is 6. The van der Waals surface area contributed by atoms with Gasteiger partial charge in [0, 0.05) is 32.5 Å². The second-order valence-corrected chi connectivity index (χ2v) is 14.1. The number of hydrogen-bond donors (Lipinski definition) is 1. The zero-order chi connectivity index (χ0) is 34.5. The van der Waals surface area contributed by atoms with E-state index in [9.17, 15) is 15.2 Å². The molecule has 3 aromatic heterocycles. The Morgan fingerprint density at radius 3 is 2.04 bits per heavy atom. The largest absolute Gasteiger partial charge is 0.494 e. The topological polar surface area (TPSA) is 78.5 Å². The van der Waals surface area contributed by atoms with Gasteiger partial charge in [-0.1, -0.05) is 74.7 Å². The Kier molecular flexibility index (Phi) is 9.79. The molecule has 0 saturated carbocycles. The number of ether oxygens (including phenoxy) is 1. The van der Waals surface area contributed by atoms with Crippen LogP contribution in [0.15, 0.2) is 127 Å². The van der Waals surface area contributed by atoms with Crippen molar-refractivity contribution in [3.8, 4) is 27.9 Å². The third-order valence-electron chi connectivity index (χ3n) is 8.57. The van der Waals surface area contributed by atoms with Gasteiger partial charge in [-0.15, -0.1) is 22.7 Å². The minimum absolute atomic E-state index is 0.288. The Morgan fingerprint density at radius 1 is 0.800 bits per heavy atom. The number of benzene rings is 4. The first kappa shape index (κ1) is 32.9. The number of fused-ring (bicyclic) bond motifs is 3. The molecule has 0 radical (unpaired) electrons. The summed E-state index contributed by atoms with van der Waals surface area (Å²) in [7, 11) is 0. The maximum absolute atomic E-state index is 11.6. The molecule has 7 rings (SSSR count). The number of para-hydroxylation sites is 2. The number of rotatable bonds is 13. The van der Waals surface area contributed by atoms with Gasteiger partial charge in [-0.3, -0.25) is 0 Å². The monoisotopic (exact) mass is 693 g/mol. The van der Waals surface area contributed by atoms with Gasteiger partial charge in [0.1, 0.15) is 17.4 Å². The summed E-state index contributed by atoms with van der Waals surface area (Å²) in [5, 5.41) is 18.9. The van der Waals surface area contributed by atoms with E-state index in [0.29, 0.717) is 6.61 Å². The second kappa shape index (κ2) is 14.9. The van der Waals surface area contributed by atoms with Crippen LogP contribution in [0.2, 0.25) is 0 Å². The molecule has 0 unspecified atom stereocenters. The lowest BCUT2D eigenvalue weighted by molar-refractivity contribution is -0.132. The zero-order valence-electron chi connectivity index (χ0n) is 27.6. The Bertz CT molecular complexity index is 2270. The summed E-state index contributed by atoms with van der Waals surface area (Å²) in [5.41, 5.74) is 7.09. The molecular weight excluding hydrogens is 659 g/mol. The Morgan fingerprint density at radius 2 is 1.42 bits per heavy atom. The van der Waals surface area contributed by atoms with Crippen LogP contribution >= 0.6 is 22.7 Å². The van der Waals surface area contributed by atoms with Gasteiger partial charge in [0.25, 0.3) is 0 Å². The van der Waals surface area contributed by atoms with Crippen molar-refractivity contribution in [2.75, 3.05) is 11.5 Å². The van der Waals surface area contributed by atoms with E-state index in [1.165, 1.54) is 36.7 Å². The highest BCUT2D eigenvalue weighted by Crippen LogP contribution is 2.45. The van der Waals surface area contributed by atoms with E-state index < -0.39 is 5.97 Å². The van der Waals surface area contributed by atoms with Crippen LogP contribution in [-0.2, 0) is 4.79 Å². The Labute approximate surface area is 299 Å². The van der Waals surface area contributed by atoms with E-state index >= 15 is 0 Å². The molecule has 8 heteroatoms. The van der Waals surface area contributed by atoms with Gasteiger partial charge in [-0.2, -0.15) is 5.26 Å². The number of aliphatic carboxylic acids is 1. The standard InChI is InChI=1S/C42H35N3O3S2/c1-2-3-4-11-24-48-35-22-20-34(21-23-35)45-37-26-36(25-30(28-43)42(46)47)49-40(37)41-38(45)27-39(50-41)29-16-18-33(19-17-29)44(31-12-7-5-8-13-31)32-14-9-6-10-15-32/h5-10,12-23,25-27H,2-4,11,24H2,1H3,(H,46,47)/b30-25-. The van der Waals surface area contributed by atoms with Crippen LogP contribution in [0.1, 0.15) is 37.5 Å². The molecule has 0 amide bonds. The van der Waals surface area contributed by atoms with Crippen LogP contribution in [0, 0.1) is 11.3 Å². The van der Waals surface area contributed by atoms with Crippen LogP contribution in [-0.4, -0.2) is 22.2 Å². The third-order valence-corrected chi connectivity index (χ3v) is 11.0. The summed E-state index contributed by atoms with van der Waals surface area (Å²) in [4.78, 5) is 15.7. The summed E-state index contributed by atoms with van der Waals surface area (Å²) < 4.78 is 10.4. The van der Waals surface area contributed by atoms with Crippen molar-refractivity contribution >= 4 is 72.2 Å². The fraction of sp³-hybridized carbons (Fsp3) is 0.143. The lowest BCUT2D eigenvalue weighted by atomic mass is 10.1. The normalized spacial score (nSPS) is 11.6. The zero-order valence-corrected chi connectivity index (χ0v) is 29.2. The molecule has 0 saturated heterocycles. The number of carbonyl (C=O) groups is 1. The molecule has 50 heavy (non-hydrogen) atoms. The minimum Gasteiger partial charge on any atom is -0.494 e. The third kappa shape index (κ3) is 6.79. The van der Waals surface area contributed by atoms with Gasteiger partial charge in [0.05, 0.1) is 27.0 Å². The number of nitriles is 1. The molecule has 248 valence electrons. The van der Waals surface area contributed by atoms with Crippen molar-refractivity contribution < 1.29 is 14.6 Å². The van der Waals surface area contributed by atoms with Crippen LogP contribution in [0.5, 0.6) is 5.75 Å². The smallest absolute Gasteiger partial charge is 0.346 e. The number of anilines is 3. The maximum Gasteiger partial charge on any atom is 0.346 e. The summed E-state index contributed by atoms with van der Waals surface area (Å²) in [5.74, 6) is -0.395. The molecule has 0 bridgehead atoms. The Balaban J connectivity index is 1.27. The molecule has 7 aromatic rings. The number of carboxylic acids is 1. The van der Waals surface area contributed by atoms with Gasteiger partial charge in [0.15, 0.2) is 0 Å².